The molecule has 4 rings (SSSR count). The van der Waals surface area contributed by atoms with Gasteiger partial charge in [0.15, 0.2) is 4.34 Å². The summed E-state index contributed by atoms with van der Waals surface area (Å²) in [7, 11) is 0. The smallest absolute Gasteiger partial charge is 0.316 e. The summed E-state index contributed by atoms with van der Waals surface area (Å²) in [6.07, 6.45) is 5.96. The first-order chi connectivity index (χ1) is 13.2. The van der Waals surface area contributed by atoms with Gasteiger partial charge in [-0.15, -0.1) is 11.3 Å². The first kappa shape index (κ1) is 21.1. The van der Waals surface area contributed by atoms with Gasteiger partial charge in [0, 0.05) is 11.8 Å². The van der Waals surface area contributed by atoms with Gasteiger partial charge in [-0.3, -0.25) is 5.14 Å². The molecule has 2 aliphatic rings. The summed E-state index contributed by atoms with van der Waals surface area (Å²) in [4.78, 5) is 15.9. The Bertz CT molecular complexity index is 877. The number of aliphatic hydroxyl groups is 2. The molecule has 1 heterocycles. The molecule has 2 aromatic rings. The van der Waals surface area contributed by atoms with Gasteiger partial charge in [0.05, 0.1) is 22.3 Å². The first-order valence-corrected chi connectivity index (χ1v) is 10.9. The zero-order valence-electron chi connectivity index (χ0n) is 16.0. The molecule has 1 aromatic carbocycles. The van der Waals surface area contributed by atoms with E-state index < -0.39 is 17.7 Å². The first-order valence-electron chi connectivity index (χ1n) is 9.18. The van der Waals surface area contributed by atoms with E-state index in [2.05, 4.69) is 16.4 Å². The van der Waals surface area contributed by atoms with Crippen LogP contribution in [0, 0.1) is 0 Å². The maximum absolute atomic E-state index is 11.1. The van der Waals surface area contributed by atoms with Crippen LogP contribution in [0.1, 0.15) is 59.9 Å². The number of primary amides is 1. The third-order valence-electron chi connectivity index (χ3n) is 4.98. The lowest BCUT2D eigenvalue weighted by atomic mass is 9.98. The third-order valence-corrected chi connectivity index (χ3v) is 6.93. The van der Waals surface area contributed by atoms with E-state index in [4.69, 9.17) is 10.9 Å². The van der Waals surface area contributed by atoms with E-state index in [0.29, 0.717) is 0 Å². The number of urea groups is 1. The van der Waals surface area contributed by atoms with Crippen LogP contribution in [0.25, 0.3) is 0 Å². The average Bonchev–Trinajstić information content (AvgIpc) is 3.34. The number of nitrogens with zero attached hydrogens (tertiary/aromatic N) is 1. The number of rotatable bonds is 3. The Hall–Kier alpha value is -1.65. The number of thiazole rings is 1. The highest BCUT2D eigenvalue weighted by Crippen LogP contribution is 2.42. The van der Waals surface area contributed by atoms with Gasteiger partial charge in [0.2, 0.25) is 0 Å². The predicted octanol–water partition coefficient (Wildman–Crippen LogP) is 2.98. The van der Waals surface area contributed by atoms with Gasteiger partial charge >= 0.3 is 6.03 Å². The van der Waals surface area contributed by atoms with Crippen molar-refractivity contribution in [3.05, 3.63) is 39.4 Å². The summed E-state index contributed by atoms with van der Waals surface area (Å²) >= 11 is 2.52. The lowest BCUT2D eigenvalue weighted by Crippen LogP contribution is -2.21. The highest BCUT2D eigenvalue weighted by atomic mass is 32.2. The van der Waals surface area contributed by atoms with Gasteiger partial charge in [0.25, 0.3) is 0 Å². The molecule has 1 aromatic heterocycles. The molecule has 1 unspecified atom stereocenters. The van der Waals surface area contributed by atoms with E-state index in [1.807, 2.05) is 0 Å². The van der Waals surface area contributed by atoms with E-state index >= 15 is 0 Å². The van der Waals surface area contributed by atoms with Gasteiger partial charge in [-0.2, -0.15) is 0 Å². The van der Waals surface area contributed by atoms with Gasteiger partial charge in [0.1, 0.15) is 0 Å². The summed E-state index contributed by atoms with van der Waals surface area (Å²) in [5, 5.41) is 27.5. The Morgan fingerprint density at radius 2 is 2.11 bits per heavy atom. The van der Waals surface area contributed by atoms with Crippen molar-refractivity contribution in [2.45, 2.75) is 62.0 Å². The number of amides is 2. The van der Waals surface area contributed by atoms with E-state index in [1.165, 1.54) is 28.0 Å². The lowest BCUT2D eigenvalue weighted by molar-refractivity contribution is 0.0823. The molecule has 0 saturated heterocycles. The van der Waals surface area contributed by atoms with Crippen LogP contribution in [0.15, 0.2) is 16.6 Å². The molecule has 1 atom stereocenters. The van der Waals surface area contributed by atoms with Crippen molar-refractivity contribution < 1.29 is 15.0 Å². The van der Waals surface area contributed by atoms with Crippen LogP contribution in [0.4, 0.5) is 10.5 Å². The normalized spacial score (nSPS) is 17.5. The van der Waals surface area contributed by atoms with Crippen LogP contribution in [0.3, 0.4) is 0 Å². The zero-order valence-corrected chi connectivity index (χ0v) is 17.6. The largest absolute Gasteiger partial charge is 0.388 e. The van der Waals surface area contributed by atoms with Crippen LogP contribution < -0.4 is 16.2 Å². The number of aromatic nitrogens is 1. The van der Waals surface area contributed by atoms with E-state index in [0.717, 1.165) is 64.5 Å². The van der Waals surface area contributed by atoms with Crippen LogP contribution in [0.2, 0.25) is 0 Å². The number of benzene rings is 1. The number of nitrogens with one attached hydrogen (secondary N) is 1. The number of hydrogen-bond acceptors (Lipinski definition) is 7. The molecule has 9 heteroatoms. The average molecular weight is 423 g/mol. The second-order valence-corrected chi connectivity index (χ2v) is 9.44. The van der Waals surface area contributed by atoms with Gasteiger partial charge in [-0.25, -0.2) is 9.78 Å². The number of nitrogens with two attached hydrogens (primary N) is 2. The van der Waals surface area contributed by atoms with Crippen LogP contribution >= 0.6 is 23.3 Å². The van der Waals surface area contributed by atoms with Gasteiger partial charge < -0.3 is 21.3 Å². The number of carbonyl (C=O) groups excluding carboxylic acids is 1. The van der Waals surface area contributed by atoms with Crippen molar-refractivity contribution in [1.29, 1.82) is 0 Å². The van der Waals surface area contributed by atoms with Crippen LogP contribution in [-0.4, -0.2) is 21.2 Å². The molecule has 0 saturated carbocycles. The summed E-state index contributed by atoms with van der Waals surface area (Å²) in [5.41, 5.74) is 9.75. The molecule has 0 bridgehead atoms. The van der Waals surface area contributed by atoms with Crippen LogP contribution in [0.5, 0.6) is 0 Å². The van der Waals surface area contributed by atoms with E-state index in [9.17, 15) is 15.0 Å². The molecule has 152 valence electrons. The minimum Gasteiger partial charge on any atom is -0.388 e. The fraction of sp³-hybridized carbons (Fsp3) is 0.474. The molecule has 0 radical (unpaired) electrons. The highest BCUT2D eigenvalue weighted by Gasteiger charge is 2.29. The molecule has 7 nitrogen and oxygen atoms in total. The Kier molecular flexibility index (Phi) is 6.31. The standard InChI is InChI=1S/C13H16N2O2.C6H10N2OS2/c14-13(17)15-12-9-3-1-2-7(9)6-8-4-5-10(16)11(8)12;1-6(2,9)4-3-8-5(10-4)11-7/h6,10,16H,1-5H2,(H3,14,15,17);3,9H,7H2,1-2H3. The van der Waals surface area contributed by atoms with Crippen LogP contribution in [-0.2, 0) is 24.9 Å². The Labute approximate surface area is 172 Å². The molecule has 0 spiro atoms. The second kappa shape index (κ2) is 8.38. The molecular weight excluding hydrogens is 396 g/mol. The topological polar surface area (TPSA) is 134 Å². The molecule has 0 aliphatic heterocycles. The number of anilines is 1. The molecule has 7 N–H and O–H groups in total. The quantitative estimate of drug-likeness (QED) is 0.483. The van der Waals surface area contributed by atoms with Crippen molar-refractivity contribution in [3.63, 3.8) is 0 Å². The van der Waals surface area contributed by atoms with Gasteiger partial charge in [-0.1, -0.05) is 6.07 Å². The summed E-state index contributed by atoms with van der Waals surface area (Å²) in [6, 6.07) is 1.65. The Balaban J connectivity index is 0.000000178. The fourth-order valence-electron chi connectivity index (χ4n) is 3.71. The number of fused-ring (bicyclic) bond motifs is 2. The molecule has 2 aliphatic carbocycles. The summed E-state index contributed by atoms with van der Waals surface area (Å²) in [5.74, 6) is 0. The Morgan fingerprint density at radius 1 is 1.36 bits per heavy atom. The fourth-order valence-corrected chi connectivity index (χ4v) is 4.93. The number of aliphatic hydroxyl groups excluding tert-OH is 1. The maximum atomic E-state index is 11.1. The van der Waals surface area contributed by atoms with Crippen molar-refractivity contribution >= 4 is 35.0 Å². The zero-order chi connectivity index (χ0) is 20.5. The predicted molar refractivity (Wildman–Crippen MR) is 112 cm³/mol. The third kappa shape index (κ3) is 4.49. The van der Waals surface area contributed by atoms with E-state index in [1.54, 1.807) is 20.0 Å². The van der Waals surface area contributed by atoms with Gasteiger partial charge in [-0.05, 0) is 74.6 Å². The molecule has 2 amide bonds. The highest BCUT2D eigenvalue weighted by molar-refractivity contribution is 7.98. The van der Waals surface area contributed by atoms with Crippen molar-refractivity contribution in [2.75, 3.05) is 5.32 Å². The Morgan fingerprint density at radius 3 is 2.68 bits per heavy atom. The summed E-state index contributed by atoms with van der Waals surface area (Å²) in [6.45, 7) is 3.46. The second-order valence-electron chi connectivity index (χ2n) is 7.53. The van der Waals surface area contributed by atoms with Crippen molar-refractivity contribution in [2.24, 2.45) is 10.9 Å². The molecule has 28 heavy (non-hydrogen) atoms. The maximum Gasteiger partial charge on any atom is 0.316 e. The number of hydrogen-bond donors (Lipinski definition) is 5. The summed E-state index contributed by atoms with van der Waals surface area (Å²) < 4.78 is 0.780. The van der Waals surface area contributed by atoms with E-state index in [-0.39, 0.29) is 0 Å². The number of aryl methyl sites for hydroxylation is 2. The molecular formula is C19H26N4O3S2. The SMILES string of the molecule is CC(C)(O)c1cnc(SN)s1.NC(=O)Nc1c2c(cc3c1C(O)CC3)CCC2. The number of carbonyl (C=O) groups is 1. The lowest BCUT2D eigenvalue weighted by Gasteiger charge is -2.16. The van der Waals surface area contributed by atoms with Crippen molar-refractivity contribution in [3.8, 4) is 0 Å². The minimum absolute atomic E-state index is 0.460. The monoisotopic (exact) mass is 422 g/mol. The van der Waals surface area contributed by atoms with Crippen molar-refractivity contribution in [1.82, 2.24) is 4.98 Å². The molecule has 0 fully saturated rings. The minimum atomic E-state index is -0.800.